The fourth-order valence-corrected chi connectivity index (χ4v) is 1.11. The molecule has 3 nitrogen and oxygen atoms in total. The van der Waals surface area contributed by atoms with Gasteiger partial charge in [-0.3, -0.25) is 4.79 Å². The Bertz CT molecular complexity index is 345. The summed E-state index contributed by atoms with van der Waals surface area (Å²) in [5.41, 5.74) is 0.0961. The van der Waals surface area contributed by atoms with Gasteiger partial charge in [0.25, 0.3) is 0 Å². The van der Waals surface area contributed by atoms with Crippen LogP contribution in [0.5, 0.6) is 5.75 Å². The lowest BCUT2D eigenvalue weighted by Gasteiger charge is -2.03. The third kappa shape index (κ3) is 2.21. The molecule has 0 aliphatic rings. The number of phenols is 1. The molecule has 0 aromatic heterocycles. The van der Waals surface area contributed by atoms with E-state index in [2.05, 4.69) is 5.32 Å². The first-order chi connectivity index (χ1) is 6.56. The van der Waals surface area contributed by atoms with E-state index in [1.807, 2.05) is 0 Å². The maximum Gasteiger partial charge on any atom is 0.176 e. The zero-order valence-corrected chi connectivity index (χ0v) is 8.23. The average molecular weight is 218 g/mol. The Morgan fingerprint density at radius 3 is 2.79 bits per heavy atom. The first-order valence-corrected chi connectivity index (χ1v) is 4.30. The van der Waals surface area contributed by atoms with E-state index in [0.29, 0.717) is 0 Å². The summed E-state index contributed by atoms with van der Waals surface area (Å²) < 4.78 is 13.0. The number of rotatable bonds is 3. The number of hydrogen-bond acceptors (Lipinski definition) is 3. The minimum atomic E-state index is -0.800. The number of carbonyl (C=O) groups is 1. The summed E-state index contributed by atoms with van der Waals surface area (Å²) in [5.74, 6) is -1.53. The van der Waals surface area contributed by atoms with Gasteiger partial charge in [0.2, 0.25) is 0 Å². The van der Waals surface area contributed by atoms with Crippen molar-refractivity contribution in [2.75, 3.05) is 13.6 Å². The summed E-state index contributed by atoms with van der Waals surface area (Å²) in [7, 11) is 1.60. The lowest BCUT2D eigenvalue weighted by molar-refractivity contribution is 0.0993. The highest BCUT2D eigenvalue weighted by molar-refractivity contribution is 6.32. The Balaban J connectivity index is 3.06. The van der Waals surface area contributed by atoms with E-state index in [1.54, 1.807) is 7.05 Å². The van der Waals surface area contributed by atoms with E-state index in [4.69, 9.17) is 16.7 Å². The second kappa shape index (κ2) is 4.39. The van der Waals surface area contributed by atoms with Gasteiger partial charge in [0, 0.05) is 5.56 Å². The van der Waals surface area contributed by atoms with Crippen LogP contribution in [0.4, 0.5) is 4.39 Å². The molecule has 1 aromatic carbocycles. The highest BCUT2D eigenvalue weighted by atomic mass is 35.5. The van der Waals surface area contributed by atoms with E-state index in [-0.39, 0.29) is 22.9 Å². The van der Waals surface area contributed by atoms with E-state index < -0.39 is 11.6 Å². The Hall–Kier alpha value is -1.13. The molecule has 0 saturated heterocycles. The average Bonchev–Trinajstić information content (AvgIpc) is 2.13. The third-order valence-electron chi connectivity index (χ3n) is 1.67. The van der Waals surface area contributed by atoms with Gasteiger partial charge in [-0.2, -0.15) is 0 Å². The second-order valence-electron chi connectivity index (χ2n) is 2.74. The van der Waals surface area contributed by atoms with Crippen molar-refractivity contribution >= 4 is 17.4 Å². The Morgan fingerprint density at radius 1 is 1.64 bits per heavy atom. The van der Waals surface area contributed by atoms with Crippen molar-refractivity contribution in [2.24, 2.45) is 0 Å². The zero-order chi connectivity index (χ0) is 10.7. The molecule has 0 aliphatic carbocycles. The molecule has 0 unspecified atom stereocenters. The van der Waals surface area contributed by atoms with Crippen molar-refractivity contribution in [1.82, 2.24) is 5.32 Å². The van der Waals surface area contributed by atoms with Crippen LogP contribution in [0.25, 0.3) is 0 Å². The van der Waals surface area contributed by atoms with E-state index in [1.165, 1.54) is 0 Å². The van der Waals surface area contributed by atoms with Gasteiger partial charge in [0.05, 0.1) is 6.54 Å². The van der Waals surface area contributed by atoms with Crippen LogP contribution in [0.15, 0.2) is 12.1 Å². The summed E-state index contributed by atoms with van der Waals surface area (Å²) in [6.45, 7) is 0.0838. The van der Waals surface area contributed by atoms with Crippen molar-refractivity contribution in [2.45, 2.75) is 0 Å². The van der Waals surface area contributed by atoms with Gasteiger partial charge in [-0.05, 0) is 19.2 Å². The van der Waals surface area contributed by atoms with Crippen molar-refractivity contribution in [3.63, 3.8) is 0 Å². The lowest BCUT2D eigenvalue weighted by Crippen LogP contribution is -2.18. The van der Waals surface area contributed by atoms with Crippen molar-refractivity contribution < 1.29 is 14.3 Å². The third-order valence-corrected chi connectivity index (χ3v) is 2.04. The number of aromatic hydroxyl groups is 1. The standard InChI is InChI=1S/C9H9ClFNO2/c1-12-4-8(14)5-2-6(11)9(10)7(13)3-5/h2-3,12-13H,4H2,1H3. The van der Waals surface area contributed by atoms with Gasteiger partial charge in [-0.1, -0.05) is 11.6 Å². The van der Waals surface area contributed by atoms with Gasteiger partial charge in [-0.15, -0.1) is 0 Å². The summed E-state index contributed by atoms with van der Waals surface area (Å²) in [6, 6.07) is 2.15. The smallest absolute Gasteiger partial charge is 0.176 e. The molecule has 0 spiro atoms. The Labute approximate surface area is 85.5 Å². The quantitative estimate of drug-likeness (QED) is 0.756. The van der Waals surface area contributed by atoms with Gasteiger partial charge >= 0.3 is 0 Å². The fraction of sp³-hybridized carbons (Fsp3) is 0.222. The molecule has 14 heavy (non-hydrogen) atoms. The minimum Gasteiger partial charge on any atom is -0.506 e. The number of ketones is 1. The van der Waals surface area contributed by atoms with Crippen LogP contribution in [0, 0.1) is 5.82 Å². The number of likely N-dealkylation sites (N-methyl/N-ethyl adjacent to an activating group) is 1. The first-order valence-electron chi connectivity index (χ1n) is 3.92. The number of nitrogens with one attached hydrogen (secondary N) is 1. The number of phenolic OH excluding ortho intramolecular Hbond substituents is 1. The van der Waals surface area contributed by atoms with Gasteiger partial charge in [-0.25, -0.2) is 4.39 Å². The van der Waals surface area contributed by atoms with Crippen LogP contribution in [-0.2, 0) is 0 Å². The van der Waals surface area contributed by atoms with Crippen LogP contribution < -0.4 is 5.32 Å². The predicted molar refractivity (Wildman–Crippen MR) is 51.3 cm³/mol. The number of halogens is 2. The van der Waals surface area contributed by atoms with Crippen LogP contribution in [0.2, 0.25) is 5.02 Å². The molecule has 1 rings (SSSR count). The molecule has 0 atom stereocenters. The van der Waals surface area contributed by atoms with Crippen molar-refractivity contribution in [3.8, 4) is 5.75 Å². The van der Waals surface area contributed by atoms with E-state index >= 15 is 0 Å². The minimum absolute atomic E-state index is 0.0838. The van der Waals surface area contributed by atoms with Crippen LogP contribution >= 0.6 is 11.6 Å². The molecule has 1 aromatic rings. The van der Waals surface area contributed by atoms with Crippen LogP contribution in [0.1, 0.15) is 10.4 Å². The van der Waals surface area contributed by atoms with Crippen molar-refractivity contribution in [1.29, 1.82) is 0 Å². The Kier molecular flexibility index (Phi) is 3.43. The van der Waals surface area contributed by atoms with Gasteiger partial charge in [0.15, 0.2) is 5.78 Å². The van der Waals surface area contributed by atoms with Crippen LogP contribution in [-0.4, -0.2) is 24.5 Å². The molecule has 0 bridgehead atoms. The Morgan fingerprint density at radius 2 is 2.29 bits per heavy atom. The molecule has 0 heterocycles. The highest BCUT2D eigenvalue weighted by Gasteiger charge is 2.12. The maximum atomic E-state index is 13.0. The molecule has 0 amide bonds. The molecule has 0 radical (unpaired) electrons. The number of benzene rings is 1. The second-order valence-corrected chi connectivity index (χ2v) is 3.12. The number of hydrogen-bond donors (Lipinski definition) is 2. The summed E-state index contributed by atoms with van der Waals surface area (Å²) >= 11 is 5.38. The van der Waals surface area contributed by atoms with E-state index in [0.717, 1.165) is 12.1 Å². The molecule has 5 heteroatoms. The summed E-state index contributed by atoms with van der Waals surface area (Å²) in [5, 5.41) is 11.4. The lowest BCUT2D eigenvalue weighted by atomic mass is 10.1. The summed E-state index contributed by atoms with van der Waals surface area (Å²) in [4.78, 5) is 11.3. The molecule has 0 aliphatic heterocycles. The molecular formula is C9H9ClFNO2. The van der Waals surface area contributed by atoms with Crippen LogP contribution in [0.3, 0.4) is 0 Å². The summed E-state index contributed by atoms with van der Waals surface area (Å²) in [6.07, 6.45) is 0. The SMILES string of the molecule is CNCC(=O)c1cc(O)c(Cl)c(F)c1. The molecule has 0 fully saturated rings. The maximum absolute atomic E-state index is 13.0. The predicted octanol–water partition coefficient (Wildman–Crippen LogP) is 1.59. The number of carbonyl (C=O) groups excluding carboxylic acids is 1. The van der Waals surface area contributed by atoms with Gasteiger partial charge in [0.1, 0.15) is 16.6 Å². The highest BCUT2D eigenvalue weighted by Crippen LogP contribution is 2.27. The normalized spacial score (nSPS) is 10.2. The topological polar surface area (TPSA) is 49.3 Å². The van der Waals surface area contributed by atoms with E-state index in [9.17, 15) is 9.18 Å². The van der Waals surface area contributed by atoms with Crippen molar-refractivity contribution in [3.05, 3.63) is 28.5 Å². The molecule has 76 valence electrons. The molecule has 0 saturated carbocycles. The molecular weight excluding hydrogens is 209 g/mol. The first kappa shape index (κ1) is 10.9. The number of Topliss-reactive ketones (excluding diaryl/α,β-unsaturated/α-hetero) is 1. The largest absolute Gasteiger partial charge is 0.506 e. The molecule has 2 N–H and O–H groups in total. The zero-order valence-electron chi connectivity index (χ0n) is 7.47. The fourth-order valence-electron chi connectivity index (χ4n) is 0.998. The monoisotopic (exact) mass is 217 g/mol. The van der Waals surface area contributed by atoms with Gasteiger partial charge < -0.3 is 10.4 Å².